The van der Waals surface area contributed by atoms with E-state index in [1.54, 1.807) is 0 Å². The average molecular weight is 363 g/mol. The first-order valence-corrected chi connectivity index (χ1v) is 8.54. The Labute approximate surface area is 146 Å². The van der Waals surface area contributed by atoms with E-state index in [9.17, 15) is 13.6 Å². The normalized spacial score (nSPS) is 10.8. The van der Waals surface area contributed by atoms with Gasteiger partial charge in [-0.15, -0.1) is 0 Å². The maximum absolute atomic E-state index is 13.5. The smallest absolute Gasteiger partial charge is 0.234 e. The van der Waals surface area contributed by atoms with Gasteiger partial charge in [-0.3, -0.25) is 4.79 Å². The zero-order chi connectivity index (χ0) is 17.8. The molecule has 0 spiro atoms. The molecule has 1 heterocycles. The molecule has 3 aromatic rings. The second kappa shape index (κ2) is 7.52. The number of rotatable bonds is 6. The lowest BCUT2D eigenvalue weighted by molar-refractivity contribution is -0.113. The van der Waals surface area contributed by atoms with Gasteiger partial charge in [0.15, 0.2) is 5.16 Å². The van der Waals surface area contributed by atoms with Gasteiger partial charge in [-0.2, -0.15) is 0 Å². The van der Waals surface area contributed by atoms with E-state index >= 15 is 0 Å². The number of benzene rings is 2. The maximum Gasteiger partial charge on any atom is 0.234 e. The van der Waals surface area contributed by atoms with Crippen LogP contribution < -0.4 is 10.1 Å². The second-order valence-corrected chi connectivity index (χ2v) is 6.08. The third-order valence-electron chi connectivity index (χ3n) is 3.29. The largest absolute Gasteiger partial charge is 0.494 e. The number of fused-ring (bicyclic) bond motifs is 1. The molecule has 5 nitrogen and oxygen atoms in total. The highest BCUT2D eigenvalue weighted by Crippen LogP contribution is 2.23. The number of nitrogens with one attached hydrogen (secondary N) is 2. The number of imidazole rings is 1. The number of ether oxygens (including phenoxy) is 1. The second-order valence-electron chi connectivity index (χ2n) is 5.11. The van der Waals surface area contributed by atoms with E-state index in [0.29, 0.717) is 11.8 Å². The Balaban J connectivity index is 1.62. The van der Waals surface area contributed by atoms with Gasteiger partial charge in [0.1, 0.15) is 17.4 Å². The summed E-state index contributed by atoms with van der Waals surface area (Å²) in [7, 11) is 0. The van der Waals surface area contributed by atoms with Crippen molar-refractivity contribution in [3.05, 3.63) is 48.0 Å². The minimum absolute atomic E-state index is 0.0367. The molecule has 25 heavy (non-hydrogen) atoms. The first kappa shape index (κ1) is 17.2. The van der Waals surface area contributed by atoms with Crippen molar-refractivity contribution >= 4 is 34.4 Å². The van der Waals surface area contributed by atoms with Crippen LogP contribution in [0.5, 0.6) is 5.75 Å². The molecule has 0 aliphatic heterocycles. The Morgan fingerprint density at radius 2 is 2.12 bits per heavy atom. The number of nitrogens with zero attached hydrogens (tertiary/aromatic N) is 1. The number of halogens is 2. The standard InChI is InChI=1S/C17H15F2N3O2S/c1-2-24-11-4-6-14-15(8-11)22-17(21-14)25-9-16(23)20-13-5-3-10(18)7-12(13)19/h3-8H,2,9H2,1H3,(H,20,23)(H,21,22). The van der Waals surface area contributed by atoms with Gasteiger partial charge < -0.3 is 15.0 Å². The minimum Gasteiger partial charge on any atom is -0.494 e. The van der Waals surface area contributed by atoms with Crippen molar-refractivity contribution in [3.63, 3.8) is 0 Å². The van der Waals surface area contributed by atoms with Crippen LogP contribution >= 0.6 is 11.8 Å². The molecular formula is C17H15F2N3O2S. The van der Waals surface area contributed by atoms with E-state index in [0.717, 1.165) is 28.9 Å². The zero-order valence-corrected chi connectivity index (χ0v) is 14.1. The summed E-state index contributed by atoms with van der Waals surface area (Å²) in [6, 6.07) is 8.48. The first-order valence-electron chi connectivity index (χ1n) is 7.55. The zero-order valence-electron chi connectivity index (χ0n) is 13.3. The van der Waals surface area contributed by atoms with Crippen LogP contribution in [0, 0.1) is 11.6 Å². The molecule has 0 fully saturated rings. The predicted octanol–water partition coefficient (Wildman–Crippen LogP) is 3.97. The van der Waals surface area contributed by atoms with Crippen molar-refractivity contribution in [3.8, 4) is 5.75 Å². The number of thioether (sulfide) groups is 1. The fourth-order valence-electron chi connectivity index (χ4n) is 2.20. The predicted molar refractivity (Wildman–Crippen MR) is 93.0 cm³/mol. The number of aromatic amines is 1. The van der Waals surface area contributed by atoms with Gasteiger partial charge in [-0.05, 0) is 31.2 Å². The Bertz CT molecular complexity index is 914. The molecule has 0 aliphatic rings. The Morgan fingerprint density at radius 1 is 1.28 bits per heavy atom. The molecule has 1 amide bonds. The number of amides is 1. The Kier molecular flexibility index (Phi) is 5.18. The molecular weight excluding hydrogens is 348 g/mol. The summed E-state index contributed by atoms with van der Waals surface area (Å²) in [6.45, 7) is 2.47. The molecule has 0 unspecified atom stereocenters. The summed E-state index contributed by atoms with van der Waals surface area (Å²) in [5.74, 6) is -1.15. The number of aromatic nitrogens is 2. The maximum atomic E-state index is 13.5. The van der Waals surface area contributed by atoms with Crippen LogP contribution in [-0.2, 0) is 4.79 Å². The average Bonchev–Trinajstić information content (AvgIpc) is 2.98. The number of H-pyrrole nitrogens is 1. The lowest BCUT2D eigenvalue weighted by Gasteiger charge is -2.05. The highest BCUT2D eigenvalue weighted by atomic mass is 32.2. The highest BCUT2D eigenvalue weighted by molar-refractivity contribution is 7.99. The fraction of sp³-hybridized carbons (Fsp3) is 0.176. The van der Waals surface area contributed by atoms with E-state index in [1.807, 2.05) is 25.1 Å². The molecule has 1 aromatic heterocycles. The van der Waals surface area contributed by atoms with Crippen LogP contribution in [-0.4, -0.2) is 28.2 Å². The summed E-state index contributed by atoms with van der Waals surface area (Å²) >= 11 is 1.19. The van der Waals surface area contributed by atoms with E-state index in [4.69, 9.17) is 4.74 Å². The molecule has 3 rings (SSSR count). The van der Waals surface area contributed by atoms with Gasteiger partial charge in [0.25, 0.3) is 0 Å². The van der Waals surface area contributed by atoms with Crippen molar-refractivity contribution in [2.45, 2.75) is 12.1 Å². The third kappa shape index (κ3) is 4.27. The van der Waals surface area contributed by atoms with Gasteiger partial charge in [-0.25, -0.2) is 13.8 Å². The summed E-state index contributed by atoms with van der Waals surface area (Å²) in [6.07, 6.45) is 0. The van der Waals surface area contributed by atoms with Crippen LogP contribution in [0.1, 0.15) is 6.92 Å². The van der Waals surface area contributed by atoms with Gasteiger partial charge in [0.05, 0.1) is 29.1 Å². The summed E-state index contributed by atoms with van der Waals surface area (Å²) in [4.78, 5) is 19.4. The van der Waals surface area contributed by atoms with E-state index in [1.165, 1.54) is 17.8 Å². The van der Waals surface area contributed by atoms with Gasteiger partial charge in [0.2, 0.25) is 5.91 Å². The third-order valence-corrected chi connectivity index (χ3v) is 4.16. The van der Waals surface area contributed by atoms with Crippen LogP contribution in [0.25, 0.3) is 11.0 Å². The van der Waals surface area contributed by atoms with Gasteiger partial charge in [-0.1, -0.05) is 11.8 Å². The number of carbonyl (C=O) groups excluding carboxylic acids is 1. The topological polar surface area (TPSA) is 67.0 Å². The highest BCUT2D eigenvalue weighted by Gasteiger charge is 2.11. The van der Waals surface area contributed by atoms with E-state index in [-0.39, 0.29) is 11.4 Å². The molecule has 0 saturated heterocycles. The van der Waals surface area contributed by atoms with Gasteiger partial charge in [0, 0.05) is 12.1 Å². The molecule has 8 heteroatoms. The van der Waals surface area contributed by atoms with Crippen LogP contribution in [0.15, 0.2) is 41.6 Å². The molecule has 0 atom stereocenters. The number of carbonyl (C=O) groups is 1. The summed E-state index contributed by atoms with van der Waals surface area (Å²) in [5, 5.41) is 2.97. The van der Waals surface area contributed by atoms with Crippen LogP contribution in [0.3, 0.4) is 0 Å². The first-order chi connectivity index (χ1) is 12.0. The van der Waals surface area contributed by atoms with Gasteiger partial charge >= 0.3 is 0 Å². The number of anilines is 1. The monoisotopic (exact) mass is 363 g/mol. The molecule has 0 saturated carbocycles. The molecule has 0 radical (unpaired) electrons. The van der Waals surface area contributed by atoms with Crippen molar-refractivity contribution in [2.75, 3.05) is 17.7 Å². The van der Waals surface area contributed by atoms with E-state index < -0.39 is 17.5 Å². The quantitative estimate of drug-likeness (QED) is 0.651. The molecule has 130 valence electrons. The fourth-order valence-corrected chi connectivity index (χ4v) is 2.89. The number of hydrogen-bond donors (Lipinski definition) is 2. The molecule has 2 N–H and O–H groups in total. The Morgan fingerprint density at radius 3 is 2.88 bits per heavy atom. The molecule has 0 aliphatic carbocycles. The lowest BCUT2D eigenvalue weighted by atomic mass is 10.3. The van der Waals surface area contributed by atoms with Crippen molar-refractivity contribution in [1.29, 1.82) is 0 Å². The summed E-state index contributed by atoms with van der Waals surface area (Å²) in [5.41, 5.74) is 1.51. The SMILES string of the molecule is CCOc1ccc2nc(SCC(=O)Nc3ccc(F)cc3F)[nH]c2c1. The Hall–Kier alpha value is -2.61. The van der Waals surface area contributed by atoms with Crippen LogP contribution in [0.2, 0.25) is 0 Å². The van der Waals surface area contributed by atoms with Crippen molar-refractivity contribution in [2.24, 2.45) is 0 Å². The van der Waals surface area contributed by atoms with E-state index in [2.05, 4.69) is 15.3 Å². The lowest BCUT2D eigenvalue weighted by Crippen LogP contribution is -2.15. The van der Waals surface area contributed by atoms with Crippen LogP contribution in [0.4, 0.5) is 14.5 Å². The number of hydrogen-bond acceptors (Lipinski definition) is 4. The van der Waals surface area contributed by atoms with Crippen molar-refractivity contribution in [1.82, 2.24) is 9.97 Å². The summed E-state index contributed by atoms with van der Waals surface area (Å²) < 4.78 is 31.8. The molecule has 0 bridgehead atoms. The van der Waals surface area contributed by atoms with Crippen molar-refractivity contribution < 1.29 is 18.3 Å². The minimum atomic E-state index is -0.814. The molecule has 2 aromatic carbocycles.